The first-order chi connectivity index (χ1) is 6.63. The van der Waals surface area contributed by atoms with Crippen LogP contribution in [0.1, 0.15) is 25.6 Å². The van der Waals surface area contributed by atoms with Gasteiger partial charge in [-0.1, -0.05) is 6.92 Å². The molecule has 0 spiro atoms. The van der Waals surface area contributed by atoms with Gasteiger partial charge in [0.05, 0.1) is 18.4 Å². The highest BCUT2D eigenvalue weighted by Gasteiger charge is 2.05. The molecule has 14 heavy (non-hydrogen) atoms. The second-order valence-corrected chi connectivity index (χ2v) is 4.72. The van der Waals surface area contributed by atoms with Gasteiger partial charge in [0, 0.05) is 16.3 Å². The smallest absolute Gasteiger partial charge is 0.0931 e. The van der Waals surface area contributed by atoms with E-state index in [4.69, 9.17) is 5.11 Å². The number of aliphatic hydroxyl groups is 2. The SMILES string of the molecule is CC(CO)Sc1ccc([C@@H](C)O)nc1. The van der Waals surface area contributed by atoms with Crippen LogP contribution in [0, 0.1) is 0 Å². The first-order valence-electron chi connectivity index (χ1n) is 4.55. The predicted molar refractivity (Wildman–Crippen MR) is 57.3 cm³/mol. The second kappa shape index (κ2) is 5.34. The maximum atomic E-state index is 9.23. The highest BCUT2D eigenvalue weighted by atomic mass is 32.2. The molecule has 1 unspecified atom stereocenters. The van der Waals surface area contributed by atoms with Gasteiger partial charge in [0.15, 0.2) is 0 Å². The van der Waals surface area contributed by atoms with Crippen LogP contribution < -0.4 is 0 Å². The van der Waals surface area contributed by atoms with Crippen LogP contribution in [0.4, 0.5) is 0 Å². The van der Waals surface area contributed by atoms with Crippen LogP contribution in [0.2, 0.25) is 0 Å². The van der Waals surface area contributed by atoms with Crippen molar-refractivity contribution in [3.05, 3.63) is 24.0 Å². The molecule has 0 bridgehead atoms. The number of aromatic nitrogens is 1. The third-order valence-corrected chi connectivity index (χ3v) is 2.85. The Morgan fingerprint density at radius 2 is 2.14 bits per heavy atom. The van der Waals surface area contributed by atoms with Crippen LogP contribution in [0.5, 0.6) is 0 Å². The minimum absolute atomic E-state index is 0.156. The largest absolute Gasteiger partial charge is 0.395 e. The van der Waals surface area contributed by atoms with Crippen LogP contribution in [0.25, 0.3) is 0 Å². The van der Waals surface area contributed by atoms with Gasteiger partial charge >= 0.3 is 0 Å². The Kier molecular flexibility index (Phi) is 4.38. The zero-order chi connectivity index (χ0) is 10.6. The van der Waals surface area contributed by atoms with E-state index in [-0.39, 0.29) is 11.9 Å². The minimum Gasteiger partial charge on any atom is -0.395 e. The molecule has 0 aromatic carbocycles. The van der Waals surface area contributed by atoms with Crippen LogP contribution >= 0.6 is 11.8 Å². The molecule has 2 atom stereocenters. The monoisotopic (exact) mass is 213 g/mol. The maximum Gasteiger partial charge on any atom is 0.0931 e. The van der Waals surface area contributed by atoms with Gasteiger partial charge in [-0.05, 0) is 19.1 Å². The molecule has 78 valence electrons. The summed E-state index contributed by atoms with van der Waals surface area (Å²) in [6.45, 7) is 3.79. The Balaban J connectivity index is 2.64. The standard InChI is InChI=1S/C10H15NO2S/c1-7(6-12)14-9-3-4-10(8(2)13)11-5-9/h3-5,7-8,12-13H,6H2,1-2H3/t7?,8-/m1/s1. The van der Waals surface area contributed by atoms with Gasteiger partial charge in [-0.25, -0.2) is 0 Å². The molecule has 1 heterocycles. The summed E-state index contributed by atoms with van der Waals surface area (Å²) < 4.78 is 0. The van der Waals surface area contributed by atoms with Crippen molar-refractivity contribution in [1.82, 2.24) is 4.98 Å². The zero-order valence-electron chi connectivity index (χ0n) is 8.34. The van der Waals surface area contributed by atoms with Crippen LogP contribution in [0.3, 0.4) is 0 Å². The Hall–Kier alpha value is -0.580. The van der Waals surface area contributed by atoms with E-state index in [1.807, 2.05) is 13.0 Å². The lowest BCUT2D eigenvalue weighted by molar-refractivity contribution is 0.194. The van der Waals surface area contributed by atoms with E-state index in [1.165, 1.54) is 0 Å². The van der Waals surface area contributed by atoms with Crippen molar-refractivity contribution in [3.8, 4) is 0 Å². The van der Waals surface area contributed by atoms with Gasteiger partial charge < -0.3 is 10.2 Å². The van der Waals surface area contributed by atoms with Gasteiger partial charge in [0.1, 0.15) is 0 Å². The first-order valence-corrected chi connectivity index (χ1v) is 5.43. The van der Waals surface area contributed by atoms with Crippen molar-refractivity contribution in [2.75, 3.05) is 6.61 Å². The van der Waals surface area contributed by atoms with Crippen LogP contribution in [0.15, 0.2) is 23.2 Å². The second-order valence-electron chi connectivity index (χ2n) is 3.21. The molecule has 0 radical (unpaired) electrons. The van der Waals surface area contributed by atoms with Crippen molar-refractivity contribution < 1.29 is 10.2 Å². The average molecular weight is 213 g/mol. The molecule has 1 rings (SSSR count). The topological polar surface area (TPSA) is 53.4 Å². The van der Waals surface area contributed by atoms with E-state index in [0.29, 0.717) is 5.69 Å². The van der Waals surface area contributed by atoms with E-state index in [2.05, 4.69) is 4.98 Å². The molecule has 1 aromatic rings. The van der Waals surface area contributed by atoms with Gasteiger partial charge in [-0.3, -0.25) is 4.98 Å². The Labute approximate surface area is 88.2 Å². The molecule has 0 fully saturated rings. The highest BCUT2D eigenvalue weighted by Crippen LogP contribution is 2.22. The van der Waals surface area contributed by atoms with E-state index in [0.717, 1.165) is 4.90 Å². The molecule has 0 aliphatic rings. The summed E-state index contributed by atoms with van der Waals surface area (Å²) in [5, 5.41) is 18.3. The summed E-state index contributed by atoms with van der Waals surface area (Å²) in [6.07, 6.45) is 1.20. The Morgan fingerprint density at radius 1 is 1.43 bits per heavy atom. The number of thioether (sulfide) groups is 1. The predicted octanol–water partition coefficient (Wildman–Crippen LogP) is 1.61. The molecule has 0 saturated heterocycles. The summed E-state index contributed by atoms with van der Waals surface area (Å²) >= 11 is 1.57. The third kappa shape index (κ3) is 3.29. The molecular formula is C10H15NO2S. The zero-order valence-corrected chi connectivity index (χ0v) is 9.16. The molecule has 0 amide bonds. The summed E-state index contributed by atoms with van der Waals surface area (Å²) in [4.78, 5) is 5.12. The Morgan fingerprint density at radius 3 is 2.57 bits per heavy atom. The van der Waals surface area contributed by atoms with Crippen molar-refractivity contribution >= 4 is 11.8 Å². The molecule has 4 heteroatoms. The molecule has 0 aliphatic heterocycles. The summed E-state index contributed by atoms with van der Waals surface area (Å²) in [7, 11) is 0. The van der Waals surface area contributed by atoms with Gasteiger partial charge in [-0.15, -0.1) is 11.8 Å². The van der Waals surface area contributed by atoms with Gasteiger partial charge in [0.2, 0.25) is 0 Å². The van der Waals surface area contributed by atoms with Crippen molar-refractivity contribution in [3.63, 3.8) is 0 Å². The third-order valence-electron chi connectivity index (χ3n) is 1.78. The quantitative estimate of drug-likeness (QED) is 0.746. The van der Waals surface area contributed by atoms with Gasteiger partial charge in [-0.2, -0.15) is 0 Å². The lowest BCUT2D eigenvalue weighted by atomic mass is 10.2. The molecule has 2 N–H and O–H groups in total. The van der Waals surface area contributed by atoms with Crippen molar-refractivity contribution in [2.45, 2.75) is 30.1 Å². The number of pyridine rings is 1. The fourth-order valence-electron chi connectivity index (χ4n) is 0.978. The first kappa shape index (κ1) is 11.5. The van der Waals surface area contributed by atoms with E-state index in [9.17, 15) is 5.11 Å². The van der Waals surface area contributed by atoms with Crippen LogP contribution in [-0.2, 0) is 0 Å². The molecule has 1 aromatic heterocycles. The van der Waals surface area contributed by atoms with E-state index in [1.54, 1.807) is 30.9 Å². The minimum atomic E-state index is -0.524. The van der Waals surface area contributed by atoms with Crippen molar-refractivity contribution in [2.24, 2.45) is 0 Å². The van der Waals surface area contributed by atoms with Crippen LogP contribution in [-0.4, -0.2) is 27.1 Å². The molecule has 0 saturated carbocycles. The van der Waals surface area contributed by atoms with Crippen molar-refractivity contribution in [1.29, 1.82) is 0 Å². The number of rotatable bonds is 4. The fourth-order valence-corrected chi connectivity index (χ4v) is 1.78. The maximum absolute atomic E-state index is 9.23. The highest BCUT2D eigenvalue weighted by molar-refractivity contribution is 8.00. The molecule has 0 aliphatic carbocycles. The van der Waals surface area contributed by atoms with E-state index < -0.39 is 6.10 Å². The summed E-state index contributed by atoms with van der Waals surface area (Å²) in [6, 6.07) is 3.71. The lowest BCUT2D eigenvalue weighted by Gasteiger charge is -2.08. The number of aliphatic hydroxyl groups excluding tert-OH is 2. The van der Waals surface area contributed by atoms with Gasteiger partial charge in [0.25, 0.3) is 0 Å². The lowest BCUT2D eigenvalue weighted by Crippen LogP contribution is -2.02. The molecule has 3 nitrogen and oxygen atoms in total. The average Bonchev–Trinajstić information content (AvgIpc) is 2.18. The Bertz CT molecular complexity index is 274. The van der Waals surface area contributed by atoms with E-state index >= 15 is 0 Å². The number of hydrogen-bond donors (Lipinski definition) is 2. The summed E-state index contributed by atoms with van der Waals surface area (Å²) in [5.41, 5.74) is 0.672. The normalized spacial score (nSPS) is 15.1. The number of nitrogens with zero attached hydrogens (tertiary/aromatic N) is 1. The fraction of sp³-hybridized carbons (Fsp3) is 0.500. The summed E-state index contributed by atoms with van der Waals surface area (Å²) in [5.74, 6) is 0. The number of hydrogen-bond acceptors (Lipinski definition) is 4. The molecular weight excluding hydrogens is 198 g/mol.